The van der Waals surface area contributed by atoms with Gasteiger partial charge in [-0.05, 0) is 54.1 Å². The highest BCUT2D eigenvalue weighted by molar-refractivity contribution is 7.10. The lowest BCUT2D eigenvalue weighted by Gasteiger charge is -2.36. The predicted octanol–water partition coefficient (Wildman–Crippen LogP) is 3.46. The van der Waals surface area contributed by atoms with Gasteiger partial charge in [0, 0.05) is 36.6 Å². The number of nitrogens with one attached hydrogen (secondary N) is 1. The number of aliphatic hydroxyl groups excluding tert-OH is 1. The number of thiophene rings is 1. The van der Waals surface area contributed by atoms with E-state index in [1.807, 2.05) is 11.3 Å². The summed E-state index contributed by atoms with van der Waals surface area (Å²) in [5, 5.41) is 15.3. The van der Waals surface area contributed by atoms with E-state index in [0.29, 0.717) is 18.3 Å². The average molecular weight is 375 g/mol. The van der Waals surface area contributed by atoms with Crippen molar-refractivity contribution in [1.82, 2.24) is 4.90 Å². The fourth-order valence-electron chi connectivity index (χ4n) is 3.50. The summed E-state index contributed by atoms with van der Waals surface area (Å²) >= 11 is 1.84. The van der Waals surface area contributed by atoms with Gasteiger partial charge in [0.2, 0.25) is 5.91 Å². The van der Waals surface area contributed by atoms with Crippen molar-refractivity contribution in [3.63, 3.8) is 0 Å². The molecule has 2 unspecified atom stereocenters. The molecule has 6 heteroatoms. The molecule has 0 spiro atoms. The van der Waals surface area contributed by atoms with Gasteiger partial charge >= 0.3 is 0 Å². The summed E-state index contributed by atoms with van der Waals surface area (Å²) in [5.41, 5.74) is 2.15. The molecule has 0 radical (unpaired) electrons. The molecule has 0 saturated carbocycles. The van der Waals surface area contributed by atoms with E-state index < -0.39 is 6.10 Å². The van der Waals surface area contributed by atoms with Crippen molar-refractivity contribution < 1.29 is 14.6 Å². The van der Waals surface area contributed by atoms with Crippen LogP contribution in [-0.4, -0.2) is 41.7 Å². The maximum absolute atomic E-state index is 11.0. The fraction of sp³-hybridized carbons (Fsp3) is 0.450. The molecule has 2 aromatic rings. The van der Waals surface area contributed by atoms with Crippen LogP contribution in [0, 0.1) is 0 Å². The van der Waals surface area contributed by atoms with Crippen LogP contribution in [-0.2, 0) is 11.2 Å². The number of aliphatic hydroxyl groups is 1. The summed E-state index contributed by atoms with van der Waals surface area (Å²) in [7, 11) is 0. The Kier molecular flexibility index (Phi) is 6.29. The second kappa shape index (κ2) is 8.66. The largest absolute Gasteiger partial charge is 0.491 e. The number of amides is 1. The predicted molar refractivity (Wildman–Crippen MR) is 105 cm³/mol. The van der Waals surface area contributed by atoms with Gasteiger partial charge in [-0.25, -0.2) is 0 Å². The number of fused-ring (bicyclic) bond motifs is 1. The first-order chi connectivity index (χ1) is 12.6. The lowest BCUT2D eigenvalue weighted by Crippen LogP contribution is -2.41. The van der Waals surface area contributed by atoms with E-state index >= 15 is 0 Å². The van der Waals surface area contributed by atoms with Gasteiger partial charge in [0.15, 0.2) is 0 Å². The molecule has 26 heavy (non-hydrogen) atoms. The Morgan fingerprint density at radius 2 is 2.15 bits per heavy atom. The average Bonchev–Trinajstić information content (AvgIpc) is 3.09. The topological polar surface area (TPSA) is 61.8 Å². The Hall–Kier alpha value is -1.89. The molecule has 1 aliphatic rings. The van der Waals surface area contributed by atoms with Gasteiger partial charge in [0.1, 0.15) is 18.5 Å². The van der Waals surface area contributed by atoms with Crippen molar-refractivity contribution in [2.24, 2.45) is 0 Å². The molecule has 0 fully saturated rings. The van der Waals surface area contributed by atoms with Crippen molar-refractivity contribution in [2.75, 3.05) is 25.0 Å². The van der Waals surface area contributed by atoms with E-state index in [0.717, 1.165) is 25.1 Å². The Labute approximate surface area is 158 Å². The van der Waals surface area contributed by atoms with E-state index in [2.05, 4.69) is 28.6 Å². The van der Waals surface area contributed by atoms with Gasteiger partial charge in [-0.15, -0.1) is 11.3 Å². The van der Waals surface area contributed by atoms with Crippen LogP contribution >= 0.6 is 11.3 Å². The number of hydrogen-bond donors (Lipinski definition) is 2. The smallest absolute Gasteiger partial charge is 0.221 e. The quantitative estimate of drug-likeness (QED) is 0.779. The number of carbonyl (C=O) groups is 1. The maximum Gasteiger partial charge on any atom is 0.221 e. The molecule has 1 aliphatic heterocycles. The molecule has 3 rings (SSSR count). The number of carbonyl (C=O) groups excluding carboxylic acids is 1. The number of nitrogens with zero attached hydrogens (tertiary/aromatic N) is 1. The van der Waals surface area contributed by atoms with Crippen LogP contribution in [0.1, 0.15) is 36.8 Å². The number of rotatable bonds is 7. The molecule has 1 aromatic carbocycles. The van der Waals surface area contributed by atoms with Crippen LogP contribution in [0.4, 0.5) is 5.69 Å². The number of anilines is 1. The van der Waals surface area contributed by atoms with Crippen molar-refractivity contribution in [3.8, 4) is 5.75 Å². The van der Waals surface area contributed by atoms with Crippen molar-refractivity contribution in [2.45, 2.75) is 38.8 Å². The fourth-order valence-corrected chi connectivity index (χ4v) is 4.43. The summed E-state index contributed by atoms with van der Waals surface area (Å²) < 4.78 is 5.71. The highest BCUT2D eigenvalue weighted by atomic mass is 32.1. The highest BCUT2D eigenvalue weighted by Gasteiger charge is 2.28. The summed E-state index contributed by atoms with van der Waals surface area (Å²) in [5.74, 6) is 0.582. The Bertz CT molecular complexity index is 729. The second-order valence-electron chi connectivity index (χ2n) is 6.64. The summed E-state index contributed by atoms with van der Waals surface area (Å²) in [6.07, 6.45) is 1.56. The molecule has 5 nitrogen and oxygen atoms in total. The Balaban J connectivity index is 1.51. The minimum absolute atomic E-state index is 0.102. The van der Waals surface area contributed by atoms with E-state index in [4.69, 9.17) is 4.74 Å². The third-order valence-electron chi connectivity index (χ3n) is 4.65. The zero-order chi connectivity index (χ0) is 18.5. The molecular weight excluding hydrogens is 348 g/mol. The standard InChI is InChI=1S/C20H26N2O3S/c1-3-19-18-9-11-26-20(18)8-10-22(19)12-16(24)13-25-17-6-4-15(5-7-17)21-14(2)23/h4-7,9,11,16,19,24H,3,8,10,12-13H2,1-2H3,(H,21,23). The molecular formula is C20H26N2O3S. The van der Waals surface area contributed by atoms with Crippen LogP contribution in [0.2, 0.25) is 0 Å². The lowest BCUT2D eigenvalue weighted by atomic mass is 9.97. The van der Waals surface area contributed by atoms with Crippen LogP contribution in [0.15, 0.2) is 35.7 Å². The lowest BCUT2D eigenvalue weighted by molar-refractivity contribution is -0.114. The molecule has 0 saturated heterocycles. The minimum atomic E-state index is -0.542. The summed E-state index contributed by atoms with van der Waals surface area (Å²) in [4.78, 5) is 14.9. The summed E-state index contributed by atoms with van der Waals surface area (Å²) in [6, 6.07) is 9.78. The first kappa shape index (κ1) is 18.9. The van der Waals surface area contributed by atoms with Crippen molar-refractivity contribution in [1.29, 1.82) is 0 Å². The number of β-amino-alcohol motifs (C(OH)–C–C–N with tert-alkyl or cyclic N) is 1. The molecule has 140 valence electrons. The Morgan fingerprint density at radius 3 is 2.85 bits per heavy atom. The van der Waals surface area contributed by atoms with Crippen LogP contribution < -0.4 is 10.1 Å². The van der Waals surface area contributed by atoms with Crippen LogP contribution in [0.3, 0.4) is 0 Å². The van der Waals surface area contributed by atoms with E-state index in [-0.39, 0.29) is 12.5 Å². The van der Waals surface area contributed by atoms with Crippen LogP contribution in [0.25, 0.3) is 0 Å². The number of ether oxygens (including phenoxy) is 1. The monoisotopic (exact) mass is 374 g/mol. The molecule has 0 bridgehead atoms. The van der Waals surface area contributed by atoms with Gasteiger partial charge in [-0.2, -0.15) is 0 Å². The van der Waals surface area contributed by atoms with E-state index in [9.17, 15) is 9.90 Å². The van der Waals surface area contributed by atoms with Crippen LogP contribution in [0.5, 0.6) is 5.75 Å². The van der Waals surface area contributed by atoms with Gasteiger partial charge < -0.3 is 15.2 Å². The number of hydrogen-bond acceptors (Lipinski definition) is 5. The molecule has 2 atom stereocenters. The normalized spacial score (nSPS) is 18.2. The zero-order valence-electron chi connectivity index (χ0n) is 15.3. The zero-order valence-corrected chi connectivity index (χ0v) is 16.1. The van der Waals surface area contributed by atoms with Gasteiger partial charge in [0.25, 0.3) is 0 Å². The third-order valence-corrected chi connectivity index (χ3v) is 5.65. The molecule has 2 N–H and O–H groups in total. The highest BCUT2D eigenvalue weighted by Crippen LogP contribution is 2.35. The Morgan fingerprint density at radius 1 is 1.38 bits per heavy atom. The molecule has 1 amide bonds. The first-order valence-electron chi connectivity index (χ1n) is 9.05. The van der Waals surface area contributed by atoms with Gasteiger partial charge in [-0.3, -0.25) is 9.69 Å². The minimum Gasteiger partial charge on any atom is -0.491 e. The maximum atomic E-state index is 11.0. The van der Waals surface area contributed by atoms with E-state index in [1.54, 1.807) is 24.3 Å². The SMILES string of the molecule is CCC1c2ccsc2CCN1CC(O)COc1ccc(NC(C)=O)cc1. The molecule has 0 aliphatic carbocycles. The first-order valence-corrected chi connectivity index (χ1v) is 9.93. The number of benzene rings is 1. The third kappa shape index (κ3) is 4.63. The second-order valence-corrected chi connectivity index (χ2v) is 7.64. The van der Waals surface area contributed by atoms with E-state index in [1.165, 1.54) is 17.4 Å². The van der Waals surface area contributed by atoms with Crippen molar-refractivity contribution >= 4 is 22.9 Å². The summed E-state index contributed by atoms with van der Waals surface area (Å²) in [6.45, 7) is 5.52. The van der Waals surface area contributed by atoms with Crippen molar-refractivity contribution in [3.05, 3.63) is 46.2 Å². The molecule has 2 heterocycles. The molecule has 1 aromatic heterocycles. The van der Waals surface area contributed by atoms with Gasteiger partial charge in [-0.1, -0.05) is 6.92 Å². The van der Waals surface area contributed by atoms with Gasteiger partial charge in [0.05, 0.1) is 0 Å².